The van der Waals surface area contributed by atoms with Crippen LogP contribution in [0.2, 0.25) is 0 Å². The van der Waals surface area contributed by atoms with E-state index in [4.69, 9.17) is 4.74 Å². The highest BCUT2D eigenvalue weighted by Crippen LogP contribution is 2.30. The number of ether oxygens (including phenoxy) is 1. The first-order chi connectivity index (χ1) is 11.4. The molecule has 7 heteroatoms. The van der Waals surface area contributed by atoms with E-state index in [9.17, 15) is 9.59 Å². The van der Waals surface area contributed by atoms with Crippen molar-refractivity contribution < 1.29 is 14.3 Å². The maximum atomic E-state index is 12.6. The predicted molar refractivity (Wildman–Crippen MR) is 100 cm³/mol. The molecule has 0 spiro atoms. The van der Waals surface area contributed by atoms with Crippen molar-refractivity contribution in [3.63, 3.8) is 0 Å². The summed E-state index contributed by atoms with van der Waals surface area (Å²) in [6, 6.07) is 12.4. The van der Waals surface area contributed by atoms with Crippen molar-refractivity contribution >= 4 is 44.5 Å². The van der Waals surface area contributed by atoms with E-state index in [0.29, 0.717) is 26.4 Å². The number of hydrogen-bond donors (Lipinski definition) is 1. The number of para-hydroxylation sites is 1. The van der Waals surface area contributed by atoms with E-state index in [1.165, 1.54) is 4.90 Å². The number of anilines is 1. The lowest BCUT2D eigenvalue weighted by Crippen LogP contribution is -2.17. The van der Waals surface area contributed by atoms with Crippen molar-refractivity contribution in [2.45, 2.75) is 4.90 Å². The van der Waals surface area contributed by atoms with Crippen molar-refractivity contribution in [1.82, 2.24) is 4.90 Å². The minimum absolute atomic E-state index is 0.112. The molecule has 5 nitrogen and oxygen atoms in total. The molecule has 0 heterocycles. The Hall–Kier alpha value is -1.99. The molecule has 0 saturated heterocycles. The van der Waals surface area contributed by atoms with Crippen molar-refractivity contribution in [2.75, 3.05) is 26.5 Å². The van der Waals surface area contributed by atoms with Gasteiger partial charge in [0.2, 0.25) is 0 Å². The number of carbonyl (C=O) groups excluding carboxylic acids is 2. The van der Waals surface area contributed by atoms with Gasteiger partial charge in [0.25, 0.3) is 11.1 Å². The van der Waals surface area contributed by atoms with Crippen molar-refractivity contribution in [2.24, 2.45) is 0 Å². The molecule has 0 radical (unpaired) electrons. The van der Waals surface area contributed by atoms with Gasteiger partial charge in [-0.2, -0.15) is 0 Å². The van der Waals surface area contributed by atoms with Gasteiger partial charge in [-0.3, -0.25) is 9.59 Å². The van der Waals surface area contributed by atoms with Crippen LogP contribution in [0.25, 0.3) is 0 Å². The van der Waals surface area contributed by atoms with Crippen LogP contribution in [0.5, 0.6) is 5.75 Å². The van der Waals surface area contributed by atoms with Crippen molar-refractivity contribution in [1.29, 1.82) is 0 Å². The summed E-state index contributed by atoms with van der Waals surface area (Å²) in [6.07, 6.45) is 0. The summed E-state index contributed by atoms with van der Waals surface area (Å²) < 4.78 is 5.82. The Labute approximate surface area is 153 Å². The molecule has 0 saturated carbocycles. The minimum atomic E-state index is -0.286. The minimum Gasteiger partial charge on any atom is -0.497 e. The molecule has 0 fully saturated rings. The average Bonchev–Trinajstić information content (AvgIpc) is 2.56. The van der Waals surface area contributed by atoms with Gasteiger partial charge in [-0.15, -0.1) is 0 Å². The molecule has 0 aliphatic heterocycles. The molecule has 2 amide bonds. The summed E-state index contributed by atoms with van der Waals surface area (Å²) in [5.41, 5.74) is 1.03. The molecule has 24 heavy (non-hydrogen) atoms. The molecule has 0 aliphatic rings. The van der Waals surface area contributed by atoms with E-state index in [0.717, 1.165) is 11.8 Å². The smallest absolute Gasteiger partial charge is 0.286 e. The quantitative estimate of drug-likeness (QED) is 0.757. The van der Waals surface area contributed by atoms with Crippen LogP contribution in [0.4, 0.5) is 10.5 Å². The maximum absolute atomic E-state index is 12.6. The molecule has 2 aromatic carbocycles. The second kappa shape index (κ2) is 8.21. The maximum Gasteiger partial charge on any atom is 0.286 e. The van der Waals surface area contributed by atoms with Gasteiger partial charge < -0.3 is 15.0 Å². The Morgan fingerprint density at radius 2 is 1.88 bits per heavy atom. The molecule has 0 aromatic heterocycles. The first kappa shape index (κ1) is 18.4. The van der Waals surface area contributed by atoms with Gasteiger partial charge in [-0.1, -0.05) is 12.1 Å². The molecule has 126 valence electrons. The zero-order chi connectivity index (χ0) is 17.7. The number of methoxy groups -OCH3 is 1. The van der Waals surface area contributed by atoms with E-state index in [1.54, 1.807) is 57.6 Å². The van der Waals surface area contributed by atoms with E-state index in [1.807, 2.05) is 6.07 Å². The molecule has 0 unspecified atom stereocenters. The fourth-order valence-electron chi connectivity index (χ4n) is 1.84. The molecule has 2 rings (SSSR count). The highest BCUT2D eigenvalue weighted by atomic mass is 79.9. The number of rotatable bonds is 4. The van der Waals surface area contributed by atoms with Crippen LogP contribution in [0.3, 0.4) is 0 Å². The largest absolute Gasteiger partial charge is 0.497 e. The van der Waals surface area contributed by atoms with Crippen LogP contribution < -0.4 is 10.1 Å². The highest BCUT2D eigenvalue weighted by Gasteiger charge is 2.15. The van der Waals surface area contributed by atoms with Crippen LogP contribution in [-0.2, 0) is 0 Å². The molecule has 1 N–H and O–H groups in total. The predicted octanol–water partition coefficient (Wildman–Crippen LogP) is 4.48. The summed E-state index contributed by atoms with van der Waals surface area (Å²) in [5.74, 6) is 0.305. The summed E-state index contributed by atoms with van der Waals surface area (Å²) >= 11 is 4.43. The van der Waals surface area contributed by atoms with Crippen LogP contribution in [0.1, 0.15) is 10.4 Å². The topological polar surface area (TPSA) is 58.6 Å². The van der Waals surface area contributed by atoms with Crippen LogP contribution in [0.15, 0.2) is 51.8 Å². The lowest BCUT2D eigenvalue weighted by molar-refractivity contribution is 0.102. The zero-order valence-electron chi connectivity index (χ0n) is 13.5. The fraction of sp³-hybridized carbons (Fsp3) is 0.176. The van der Waals surface area contributed by atoms with Gasteiger partial charge in [0.05, 0.1) is 18.4 Å². The van der Waals surface area contributed by atoms with Gasteiger partial charge in [-0.25, -0.2) is 0 Å². The number of nitrogens with zero attached hydrogens (tertiary/aromatic N) is 1. The fourth-order valence-corrected chi connectivity index (χ4v) is 3.01. The Bertz CT molecular complexity index is 765. The van der Waals surface area contributed by atoms with Gasteiger partial charge in [-0.05, 0) is 58.0 Å². The summed E-state index contributed by atoms with van der Waals surface area (Å²) in [7, 11) is 4.91. The third kappa shape index (κ3) is 4.52. The Kier molecular flexibility index (Phi) is 6.28. The molecular formula is C17H17BrN2O3S. The summed E-state index contributed by atoms with van der Waals surface area (Å²) in [4.78, 5) is 26.7. The first-order valence-electron chi connectivity index (χ1n) is 7.05. The molecular weight excluding hydrogens is 392 g/mol. The second-order valence-electron chi connectivity index (χ2n) is 5.06. The van der Waals surface area contributed by atoms with Crippen molar-refractivity contribution in [3.05, 3.63) is 52.5 Å². The van der Waals surface area contributed by atoms with Gasteiger partial charge in [0.1, 0.15) is 5.75 Å². The van der Waals surface area contributed by atoms with Gasteiger partial charge in [0.15, 0.2) is 0 Å². The van der Waals surface area contributed by atoms with Crippen LogP contribution in [0, 0.1) is 0 Å². The lowest BCUT2D eigenvalue weighted by Gasteiger charge is -2.14. The third-order valence-corrected chi connectivity index (χ3v) is 4.92. The number of amides is 2. The van der Waals surface area contributed by atoms with E-state index in [-0.39, 0.29) is 11.1 Å². The third-order valence-electron chi connectivity index (χ3n) is 3.12. The van der Waals surface area contributed by atoms with Crippen molar-refractivity contribution in [3.8, 4) is 5.75 Å². The van der Waals surface area contributed by atoms with Crippen LogP contribution in [-0.4, -0.2) is 37.3 Å². The van der Waals surface area contributed by atoms with Gasteiger partial charge >= 0.3 is 0 Å². The lowest BCUT2D eigenvalue weighted by atomic mass is 10.2. The van der Waals surface area contributed by atoms with Gasteiger partial charge in [0, 0.05) is 23.5 Å². The first-order valence-corrected chi connectivity index (χ1v) is 8.66. The van der Waals surface area contributed by atoms with E-state index < -0.39 is 0 Å². The average molecular weight is 409 g/mol. The highest BCUT2D eigenvalue weighted by molar-refractivity contribution is 9.10. The molecule has 2 aromatic rings. The summed E-state index contributed by atoms with van der Waals surface area (Å²) in [6.45, 7) is 0. The normalized spacial score (nSPS) is 10.2. The molecule has 0 aliphatic carbocycles. The number of benzene rings is 2. The summed E-state index contributed by atoms with van der Waals surface area (Å²) in [5, 5.41) is 2.74. The molecule has 0 bridgehead atoms. The van der Waals surface area contributed by atoms with E-state index in [2.05, 4.69) is 21.2 Å². The van der Waals surface area contributed by atoms with Crippen LogP contribution >= 0.6 is 27.7 Å². The number of carbonyl (C=O) groups is 2. The second-order valence-corrected chi connectivity index (χ2v) is 6.91. The number of nitrogens with one attached hydrogen (secondary N) is 1. The molecule has 0 atom stereocenters. The Morgan fingerprint density at radius 1 is 1.17 bits per heavy atom. The number of hydrogen-bond acceptors (Lipinski definition) is 4. The standard InChI is InChI=1S/C17H17BrN2O3S/c1-20(2)17(22)24-15-7-5-4-6-14(15)19-16(21)12-10-11(23-3)8-9-13(12)18/h4-10H,1-3H3,(H,19,21). The zero-order valence-corrected chi connectivity index (χ0v) is 15.9. The number of thioether (sulfide) groups is 1. The SMILES string of the molecule is COc1ccc(Br)c(C(=O)Nc2ccccc2SC(=O)N(C)C)c1. The number of halogens is 1. The van der Waals surface area contributed by atoms with E-state index >= 15 is 0 Å². The Balaban J connectivity index is 2.25. The monoisotopic (exact) mass is 408 g/mol. The Morgan fingerprint density at radius 3 is 2.54 bits per heavy atom.